The van der Waals surface area contributed by atoms with Gasteiger partial charge in [-0.25, -0.2) is 4.99 Å². The minimum absolute atomic E-state index is 0.182. The highest BCUT2D eigenvalue weighted by Gasteiger charge is 2.06. The first-order valence-corrected chi connectivity index (χ1v) is 9.77. The second kappa shape index (κ2) is 11.7. The highest BCUT2D eigenvalue weighted by molar-refractivity contribution is 6.30. The van der Waals surface area contributed by atoms with E-state index in [2.05, 4.69) is 20.9 Å². The number of hydrogen-bond acceptors (Lipinski definition) is 3. The lowest BCUT2D eigenvalue weighted by molar-refractivity contribution is -0.117. The molecule has 8 heteroatoms. The molecule has 7 nitrogen and oxygen atoms in total. The predicted molar refractivity (Wildman–Crippen MR) is 116 cm³/mol. The molecule has 0 aliphatic heterocycles. The number of primary amides is 1. The maximum Gasteiger partial charge on any atom is 0.251 e. The molecule has 0 bridgehead atoms. The van der Waals surface area contributed by atoms with Gasteiger partial charge in [-0.2, -0.15) is 0 Å². The number of aliphatic imine (C=N–C) groups is 1. The maximum atomic E-state index is 11.9. The minimum atomic E-state index is -0.580. The second-order valence-electron chi connectivity index (χ2n) is 6.34. The van der Waals surface area contributed by atoms with Crippen LogP contribution in [0, 0.1) is 0 Å². The molecule has 0 fully saturated rings. The normalized spacial score (nSPS) is 11.0. The fraction of sp³-hybridized carbons (Fsp3) is 0.286. The van der Waals surface area contributed by atoms with Crippen LogP contribution < -0.4 is 21.7 Å². The molecule has 29 heavy (non-hydrogen) atoms. The summed E-state index contributed by atoms with van der Waals surface area (Å²) >= 11 is 5.91. The molecule has 2 rings (SSSR count). The standard InChI is InChI=1S/C21H26ClN5O2/c1-2-24-21(25-12-11-15-5-9-18(22)10-6-15)27-13-16-3-7-17(8-4-16)20(29)26-14-19(23)28/h3-10H,2,11-14H2,1H3,(H2,23,28)(H,26,29)(H2,24,25,27). The van der Waals surface area contributed by atoms with Crippen LogP contribution in [0.3, 0.4) is 0 Å². The molecule has 154 valence electrons. The van der Waals surface area contributed by atoms with E-state index in [-0.39, 0.29) is 12.5 Å². The Labute approximate surface area is 175 Å². The highest BCUT2D eigenvalue weighted by Crippen LogP contribution is 2.09. The van der Waals surface area contributed by atoms with Crippen LogP contribution in [-0.2, 0) is 17.8 Å². The quantitative estimate of drug-likeness (QED) is 0.370. The van der Waals surface area contributed by atoms with E-state index in [0.717, 1.165) is 36.1 Å². The molecule has 0 unspecified atom stereocenters. The number of halogens is 1. The molecule has 0 atom stereocenters. The van der Waals surface area contributed by atoms with Crippen molar-refractivity contribution in [2.24, 2.45) is 10.7 Å². The summed E-state index contributed by atoms with van der Waals surface area (Å²) in [5, 5.41) is 9.71. The first-order chi connectivity index (χ1) is 14.0. The van der Waals surface area contributed by atoms with E-state index in [4.69, 9.17) is 17.3 Å². The van der Waals surface area contributed by atoms with Gasteiger partial charge in [-0.3, -0.25) is 9.59 Å². The van der Waals surface area contributed by atoms with Crippen LogP contribution in [0.5, 0.6) is 0 Å². The van der Waals surface area contributed by atoms with Crippen molar-refractivity contribution in [1.82, 2.24) is 16.0 Å². The summed E-state index contributed by atoms with van der Waals surface area (Å²) in [7, 11) is 0. The van der Waals surface area contributed by atoms with Gasteiger partial charge < -0.3 is 21.7 Å². The third-order valence-corrected chi connectivity index (χ3v) is 4.27. The topological polar surface area (TPSA) is 109 Å². The zero-order chi connectivity index (χ0) is 21.1. The Balaban J connectivity index is 1.87. The van der Waals surface area contributed by atoms with Gasteiger partial charge in [0.25, 0.3) is 5.91 Å². The van der Waals surface area contributed by atoms with Crippen molar-refractivity contribution in [3.05, 3.63) is 70.2 Å². The van der Waals surface area contributed by atoms with E-state index in [1.54, 1.807) is 12.1 Å². The van der Waals surface area contributed by atoms with Gasteiger partial charge >= 0.3 is 0 Å². The van der Waals surface area contributed by atoms with Crippen LogP contribution in [0.2, 0.25) is 5.02 Å². The minimum Gasteiger partial charge on any atom is -0.368 e. The Bertz CT molecular complexity index is 835. The van der Waals surface area contributed by atoms with Gasteiger partial charge in [-0.15, -0.1) is 0 Å². The van der Waals surface area contributed by atoms with Crippen molar-refractivity contribution in [2.75, 3.05) is 19.6 Å². The number of guanidine groups is 1. The number of nitrogens with two attached hydrogens (primary N) is 1. The molecule has 0 heterocycles. The Morgan fingerprint density at radius 3 is 2.24 bits per heavy atom. The summed E-state index contributed by atoms with van der Waals surface area (Å²) in [4.78, 5) is 27.2. The van der Waals surface area contributed by atoms with Gasteiger partial charge in [-0.05, 0) is 48.7 Å². The SMILES string of the molecule is CCNC(=NCc1ccc(C(=O)NCC(N)=O)cc1)NCCc1ccc(Cl)cc1. The van der Waals surface area contributed by atoms with Gasteiger partial charge in [0, 0.05) is 23.7 Å². The molecule has 0 saturated heterocycles. The molecule has 0 radical (unpaired) electrons. The van der Waals surface area contributed by atoms with Crippen LogP contribution in [0.15, 0.2) is 53.5 Å². The molecule has 0 aliphatic carbocycles. The van der Waals surface area contributed by atoms with Gasteiger partial charge in [0.1, 0.15) is 0 Å². The molecule has 2 aromatic carbocycles. The van der Waals surface area contributed by atoms with Crippen molar-refractivity contribution in [2.45, 2.75) is 19.9 Å². The summed E-state index contributed by atoms with van der Waals surface area (Å²) in [5.74, 6) is -0.190. The largest absolute Gasteiger partial charge is 0.368 e. The van der Waals surface area contributed by atoms with Gasteiger partial charge in [0.2, 0.25) is 5.91 Å². The molecular formula is C21H26ClN5O2. The first-order valence-electron chi connectivity index (χ1n) is 9.40. The van der Waals surface area contributed by atoms with Crippen LogP contribution in [-0.4, -0.2) is 37.4 Å². The molecular weight excluding hydrogens is 390 g/mol. The molecule has 0 aliphatic rings. The van der Waals surface area contributed by atoms with Gasteiger partial charge in [0.15, 0.2) is 5.96 Å². The second-order valence-corrected chi connectivity index (χ2v) is 6.78. The summed E-state index contributed by atoms with van der Waals surface area (Å²) in [6.07, 6.45) is 0.858. The van der Waals surface area contributed by atoms with Crippen molar-refractivity contribution < 1.29 is 9.59 Å². The number of nitrogens with one attached hydrogen (secondary N) is 3. The number of rotatable bonds is 9. The number of benzene rings is 2. The summed E-state index contributed by atoms with van der Waals surface area (Å²) in [6.45, 7) is 3.80. The van der Waals surface area contributed by atoms with E-state index in [9.17, 15) is 9.59 Å². The lowest BCUT2D eigenvalue weighted by Gasteiger charge is -2.11. The molecule has 2 amide bonds. The van der Waals surface area contributed by atoms with Crippen LogP contribution >= 0.6 is 11.6 Å². The Morgan fingerprint density at radius 2 is 1.62 bits per heavy atom. The third-order valence-electron chi connectivity index (χ3n) is 4.02. The predicted octanol–water partition coefficient (Wildman–Crippen LogP) is 1.85. The van der Waals surface area contributed by atoms with E-state index in [1.165, 1.54) is 5.56 Å². The zero-order valence-corrected chi connectivity index (χ0v) is 17.1. The van der Waals surface area contributed by atoms with Crippen LogP contribution in [0.25, 0.3) is 0 Å². The molecule has 0 spiro atoms. The highest BCUT2D eigenvalue weighted by atomic mass is 35.5. The number of carbonyl (C=O) groups is 2. The lowest BCUT2D eigenvalue weighted by Crippen LogP contribution is -2.38. The van der Waals surface area contributed by atoms with E-state index < -0.39 is 5.91 Å². The van der Waals surface area contributed by atoms with E-state index >= 15 is 0 Å². The number of hydrogen-bond donors (Lipinski definition) is 4. The fourth-order valence-corrected chi connectivity index (χ4v) is 2.65. The average molecular weight is 416 g/mol. The van der Waals surface area contributed by atoms with Gasteiger partial charge in [0.05, 0.1) is 13.1 Å². The van der Waals surface area contributed by atoms with Crippen molar-refractivity contribution in [1.29, 1.82) is 0 Å². The zero-order valence-electron chi connectivity index (χ0n) is 16.4. The maximum absolute atomic E-state index is 11.9. The molecule has 0 saturated carbocycles. The Hall–Kier alpha value is -3.06. The molecule has 2 aromatic rings. The van der Waals surface area contributed by atoms with E-state index in [1.807, 2.05) is 43.3 Å². The smallest absolute Gasteiger partial charge is 0.251 e. The molecule has 0 aromatic heterocycles. The lowest BCUT2D eigenvalue weighted by atomic mass is 10.1. The van der Waals surface area contributed by atoms with Crippen molar-refractivity contribution in [3.8, 4) is 0 Å². The first kappa shape index (κ1) is 22.2. The number of amides is 2. The molecule has 5 N–H and O–H groups in total. The monoisotopic (exact) mass is 415 g/mol. The Morgan fingerprint density at radius 1 is 0.966 bits per heavy atom. The van der Waals surface area contributed by atoms with E-state index in [0.29, 0.717) is 12.1 Å². The van der Waals surface area contributed by atoms with Crippen LogP contribution in [0.1, 0.15) is 28.4 Å². The summed E-state index contributed by atoms with van der Waals surface area (Å²) < 4.78 is 0. The number of carbonyl (C=O) groups excluding carboxylic acids is 2. The average Bonchev–Trinajstić information content (AvgIpc) is 2.72. The van der Waals surface area contributed by atoms with Crippen molar-refractivity contribution in [3.63, 3.8) is 0 Å². The number of nitrogens with zero attached hydrogens (tertiary/aromatic N) is 1. The Kier molecular flexibility index (Phi) is 8.98. The van der Waals surface area contributed by atoms with Crippen LogP contribution in [0.4, 0.5) is 0 Å². The summed E-state index contributed by atoms with van der Waals surface area (Å²) in [5.41, 5.74) is 7.65. The summed E-state index contributed by atoms with van der Waals surface area (Å²) in [6, 6.07) is 14.8. The van der Waals surface area contributed by atoms with Crippen molar-refractivity contribution >= 4 is 29.4 Å². The third kappa shape index (κ3) is 8.23. The fourth-order valence-electron chi connectivity index (χ4n) is 2.52. The van der Waals surface area contributed by atoms with Gasteiger partial charge in [-0.1, -0.05) is 35.9 Å².